The molecule has 8 rings (SSSR count). The number of amides is 8. The number of ether oxygens (including phenoxy) is 1. The molecule has 2 aromatic heterocycles. The Labute approximate surface area is 458 Å². The highest BCUT2D eigenvalue weighted by atomic mass is 32.2. The van der Waals surface area contributed by atoms with Crippen molar-refractivity contribution >= 4 is 75.9 Å². The molecular weight excluding hydrogens is 1040 g/mol. The van der Waals surface area contributed by atoms with Gasteiger partial charge in [-0.2, -0.15) is 0 Å². The van der Waals surface area contributed by atoms with Crippen molar-refractivity contribution in [3.63, 3.8) is 0 Å². The Morgan fingerprint density at radius 2 is 1.56 bits per heavy atom. The van der Waals surface area contributed by atoms with Crippen LogP contribution in [0.25, 0.3) is 22.3 Å². The molecule has 3 atom stereocenters. The summed E-state index contributed by atoms with van der Waals surface area (Å²) in [6.07, 6.45) is 5.62. The minimum Gasteiger partial charge on any atom is -0.458 e. The number of thioether (sulfide) groups is 1. The lowest BCUT2D eigenvalue weighted by molar-refractivity contribution is -0.172. The molecule has 79 heavy (non-hydrogen) atoms. The summed E-state index contributed by atoms with van der Waals surface area (Å²) in [7, 11) is 0. The molecular formula is C56H64FN9O12S. The number of nitrogens with zero attached hydrogens (tertiary/aromatic N) is 3. The highest BCUT2D eigenvalue weighted by Gasteiger charge is 2.46. The molecule has 23 heteroatoms. The number of cyclic esters (lactones) is 1. The summed E-state index contributed by atoms with van der Waals surface area (Å²) in [4.78, 5) is 134. The molecule has 418 valence electrons. The van der Waals surface area contributed by atoms with Crippen molar-refractivity contribution in [1.82, 2.24) is 46.4 Å². The zero-order valence-corrected chi connectivity index (χ0v) is 45.3. The third-order valence-electron chi connectivity index (χ3n) is 14.8. The number of fused-ring (bicyclic) bond motifs is 5. The summed E-state index contributed by atoms with van der Waals surface area (Å²) in [6, 6.07) is 10.2. The standard InChI is InChI=1S/C56H64FN9O12S/c1-5-56(77)36-23-41-51-34(28-66(41)53(75)35(36)29-78-54(56)76)50-38(16-15-33-31(2)37(57)24-39(64-51)49(33)50)62-43(68)19-20-55(3,4)79-30-61-45(70)26-60-52(74)40(22-32-12-8-6-9-13-32)63-46(71)27-59-44(69)25-58-42(67)14-10-7-11-21-65-47(72)17-18-48(65)73/h6,8-9,12-13,17-18,23-24,38,40,77H,5,7,10-11,14-16,19-22,25-30H2,1-4H3,(H,58,67)(H,59,69)(H,60,74)(H,61,70)(H,62,68)(H,63,71)/t38-,40-,56-/m0/s1. The summed E-state index contributed by atoms with van der Waals surface area (Å²) in [5.41, 5.74) is 2.41. The maximum absolute atomic E-state index is 15.4. The van der Waals surface area contributed by atoms with Crippen LogP contribution in [-0.4, -0.2) is 116 Å². The van der Waals surface area contributed by atoms with E-state index >= 15 is 4.39 Å². The monoisotopic (exact) mass is 1110 g/mol. The summed E-state index contributed by atoms with van der Waals surface area (Å²) in [6.45, 7) is 5.97. The van der Waals surface area contributed by atoms with E-state index in [9.17, 15) is 53.1 Å². The van der Waals surface area contributed by atoms with E-state index in [2.05, 4.69) is 31.9 Å². The number of benzene rings is 2. The number of pyridine rings is 2. The normalized spacial score (nSPS) is 17.3. The van der Waals surface area contributed by atoms with Crippen molar-refractivity contribution in [2.24, 2.45) is 0 Å². The maximum atomic E-state index is 15.4. The van der Waals surface area contributed by atoms with Gasteiger partial charge in [-0.05, 0) is 73.8 Å². The van der Waals surface area contributed by atoms with Crippen molar-refractivity contribution in [2.45, 2.75) is 127 Å². The molecule has 1 aliphatic carbocycles. The number of imide groups is 1. The fourth-order valence-electron chi connectivity index (χ4n) is 10.3. The molecule has 5 heterocycles. The van der Waals surface area contributed by atoms with Gasteiger partial charge in [0.15, 0.2) is 5.60 Å². The van der Waals surface area contributed by atoms with Gasteiger partial charge < -0.3 is 46.3 Å². The Balaban J connectivity index is 0.796. The first kappa shape index (κ1) is 57.4. The fourth-order valence-corrected chi connectivity index (χ4v) is 11.2. The van der Waals surface area contributed by atoms with E-state index in [-0.39, 0.29) is 92.6 Å². The number of aryl methyl sites for hydroxylation is 1. The van der Waals surface area contributed by atoms with Gasteiger partial charge in [-0.15, -0.1) is 11.8 Å². The van der Waals surface area contributed by atoms with Gasteiger partial charge in [0.1, 0.15) is 18.5 Å². The highest BCUT2D eigenvalue weighted by Crippen LogP contribution is 2.46. The van der Waals surface area contributed by atoms with Gasteiger partial charge in [-0.25, -0.2) is 14.2 Å². The molecule has 8 amide bonds. The van der Waals surface area contributed by atoms with E-state index in [4.69, 9.17) is 9.72 Å². The van der Waals surface area contributed by atoms with Crippen LogP contribution in [0.2, 0.25) is 0 Å². The van der Waals surface area contributed by atoms with Gasteiger partial charge in [0.05, 0.1) is 60.6 Å². The second-order valence-electron chi connectivity index (χ2n) is 20.7. The predicted molar refractivity (Wildman–Crippen MR) is 288 cm³/mol. The van der Waals surface area contributed by atoms with Crippen LogP contribution in [0.5, 0.6) is 0 Å². The van der Waals surface area contributed by atoms with E-state index in [0.717, 1.165) is 27.0 Å². The van der Waals surface area contributed by atoms with Crippen molar-refractivity contribution in [3.05, 3.63) is 110 Å². The summed E-state index contributed by atoms with van der Waals surface area (Å²) < 4.78 is 21.7. The average Bonchev–Trinajstić information content (AvgIpc) is 4.01. The molecule has 3 aliphatic heterocycles. The molecule has 21 nitrogen and oxygen atoms in total. The number of halogens is 1. The highest BCUT2D eigenvalue weighted by molar-refractivity contribution is 8.00. The van der Waals surface area contributed by atoms with E-state index in [1.54, 1.807) is 50.2 Å². The number of hydrogen-bond donors (Lipinski definition) is 7. The molecule has 7 N–H and O–H groups in total. The lowest BCUT2D eigenvalue weighted by atomic mass is 9.81. The lowest BCUT2D eigenvalue weighted by Gasteiger charge is -2.31. The van der Waals surface area contributed by atoms with Crippen LogP contribution in [0.3, 0.4) is 0 Å². The van der Waals surface area contributed by atoms with Crippen LogP contribution < -0.4 is 37.5 Å². The number of rotatable bonds is 24. The number of carbonyl (C=O) groups excluding carboxylic acids is 9. The van der Waals surface area contributed by atoms with Gasteiger partial charge in [0, 0.05) is 65.3 Å². The first-order valence-corrected chi connectivity index (χ1v) is 27.4. The largest absolute Gasteiger partial charge is 0.458 e. The third-order valence-corrected chi connectivity index (χ3v) is 16.1. The van der Waals surface area contributed by atoms with Crippen molar-refractivity contribution in [3.8, 4) is 11.4 Å². The topological polar surface area (TPSA) is 293 Å². The molecule has 0 fully saturated rings. The number of carbonyl (C=O) groups is 9. The number of esters is 1. The molecule has 0 bridgehead atoms. The zero-order valence-electron chi connectivity index (χ0n) is 44.4. The molecule has 0 saturated heterocycles. The number of unbranched alkanes of at least 4 members (excludes halogenated alkanes) is 2. The van der Waals surface area contributed by atoms with E-state index < -0.39 is 76.5 Å². The average molecular weight is 1110 g/mol. The lowest BCUT2D eigenvalue weighted by Crippen LogP contribution is -2.52. The van der Waals surface area contributed by atoms with Crippen molar-refractivity contribution in [1.29, 1.82) is 0 Å². The van der Waals surface area contributed by atoms with Crippen LogP contribution in [0.4, 0.5) is 4.39 Å². The Bertz CT molecular complexity index is 3220. The number of nitrogens with one attached hydrogen (secondary N) is 6. The molecule has 2 aromatic carbocycles. The minimum atomic E-state index is -2.03. The molecule has 0 unspecified atom stereocenters. The molecule has 4 aliphatic rings. The molecule has 0 radical (unpaired) electrons. The van der Waals surface area contributed by atoms with Crippen LogP contribution in [0.1, 0.15) is 117 Å². The van der Waals surface area contributed by atoms with Gasteiger partial charge in [-0.3, -0.25) is 48.1 Å². The Hall–Kier alpha value is -7.79. The maximum Gasteiger partial charge on any atom is 0.343 e. The van der Waals surface area contributed by atoms with Crippen LogP contribution >= 0.6 is 11.8 Å². The summed E-state index contributed by atoms with van der Waals surface area (Å²) in [5, 5.41) is 28.2. The van der Waals surface area contributed by atoms with E-state index in [1.807, 2.05) is 13.8 Å². The van der Waals surface area contributed by atoms with Gasteiger partial charge in [0.2, 0.25) is 35.4 Å². The first-order chi connectivity index (χ1) is 37.7. The quantitative estimate of drug-likeness (QED) is 0.0202. The van der Waals surface area contributed by atoms with Gasteiger partial charge in [0.25, 0.3) is 17.4 Å². The van der Waals surface area contributed by atoms with Crippen molar-refractivity contribution < 1.29 is 57.4 Å². The molecule has 0 spiro atoms. The Morgan fingerprint density at radius 3 is 2.29 bits per heavy atom. The number of hydrogen-bond acceptors (Lipinski definition) is 14. The minimum absolute atomic E-state index is 0.0290. The van der Waals surface area contributed by atoms with Crippen LogP contribution in [0.15, 0.2) is 59.4 Å². The van der Waals surface area contributed by atoms with Gasteiger partial charge >= 0.3 is 5.97 Å². The summed E-state index contributed by atoms with van der Waals surface area (Å²) >= 11 is 1.39. The Kier molecular flexibility index (Phi) is 17.8. The zero-order chi connectivity index (χ0) is 56.8. The first-order valence-electron chi connectivity index (χ1n) is 26.4. The predicted octanol–water partition coefficient (Wildman–Crippen LogP) is 2.56. The van der Waals surface area contributed by atoms with Gasteiger partial charge in [-0.1, -0.05) is 57.5 Å². The Morgan fingerprint density at radius 1 is 0.861 bits per heavy atom. The molecule has 0 saturated carbocycles. The van der Waals surface area contributed by atoms with E-state index in [0.29, 0.717) is 66.6 Å². The molecule has 4 aromatic rings. The SMILES string of the molecule is CC[C@@]1(O)C(=O)OCc2c1cc1n(c2=O)Cc2c-1nc1cc(F)c(C)c3c1c2[C@@H](NC(=O)CCC(C)(C)SCNC(=O)CNC(=O)[C@H](Cc1ccccc1)NC(=O)CNC(=O)CNC(=O)CCCCCN1C(=O)C=CC1=O)CC3. The number of aromatic nitrogens is 2. The third kappa shape index (κ3) is 13.1. The van der Waals surface area contributed by atoms with Crippen LogP contribution in [-0.2, 0) is 79.5 Å². The summed E-state index contributed by atoms with van der Waals surface area (Å²) in [5.74, 6) is -4.96. The van der Waals surface area contributed by atoms with E-state index in [1.165, 1.54) is 34.5 Å². The second-order valence-corrected chi connectivity index (χ2v) is 22.4. The number of aliphatic hydroxyl groups is 1. The fraction of sp³-hybridized carbons (Fsp3) is 0.446. The van der Waals surface area contributed by atoms with Crippen LogP contribution in [0, 0.1) is 12.7 Å². The van der Waals surface area contributed by atoms with Crippen molar-refractivity contribution in [2.75, 3.05) is 32.1 Å². The smallest absolute Gasteiger partial charge is 0.343 e. The second kappa shape index (κ2) is 24.5.